The molecule has 1 fully saturated rings. The van der Waals surface area contributed by atoms with Crippen LogP contribution in [0.4, 0.5) is 0 Å². The minimum absolute atomic E-state index is 0.189. The number of nitrogens with zero attached hydrogens (tertiary/aromatic N) is 4. The first-order chi connectivity index (χ1) is 8.79. The predicted octanol–water partition coefficient (Wildman–Crippen LogP) is -0.590. The second-order valence-corrected chi connectivity index (χ2v) is 4.50. The largest absolute Gasteiger partial charge is 0.395 e. The van der Waals surface area contributed by atoms with E-state index in [1.165, 1.54) is 0 Å². The van der Waals surface area contributed by atoms with Crippen molar-refractivity contribution in [2.24, 2.45) is 0 Å². The van der Waals surface area contributed by atoms with Crippen LogP contribution in [0.5, 0.6) is 0 Å². The SMILES string of the molecule is O=C(CCn1ccnc1)N1CCN(CCO)CC1. The first-order valence-corrected chi connectivity index (χ1v) is 6.36. The van der Waals surface area contributed by atoms with Crippen molar-refractivity contribution in [1.82, 2.24) is 19.4 Å². The van der Waals surface area contributed by atoms with Crippen molar-refractivity contribution in [1.29, 1.82) is 0 Å². The van der Waals surface area contributed by atoms with Gasteiger partial charge in [0.2, 0.25) is 5.91 Å². The van der Waals surface area contributed by atoms with Gasteiger partial charge >= 0.3 is 0 Å². The van der Waals surface area contributed by atoms with Crippen LogP contribution < -0.4 is 0 Å². The fraction of sp³-hybridized carbons (Fsp3) is 0.667. The molecule has 0 aliphatic carbocycles. The molecule has 1 aromatic heterocycles. The molecular formula is C12H20N4O2. The minimum Gasteiger partial charge on any atom is -0.395 e. The number of aliphatic hydroxyl groups is 1. The molecule has 1 aliphatic heterocycles. The van der Waals surface area contributed by atoms with Gasteiger partial charge in [0.05, 0.1) is 12.9 Å². The summed E-state index contributed by atoms with van der Waals surface area (Å²) in [5.74, 6) is 0.201. The van der Waals surface area contributed by atoms with Crippen LogP contribution in [0.1, 0.15) is 6.42 Å². The van der Waals surface area contributed by atoms with Gasteiger partial charge in [0.25, 0.3) is 0 Å². The van der Waals surface area contributed by atoms with Gasteiger partial charge in [-0.1, -0.05) is 0 Å². The van der Waals surface area contributed by atoms with E-state index in [9.17, 15) is 4.79 Å². The Hall–Kier alpha value is -1.40. The van der Waals surface area contributed by atoms with Crippen molar-refractivity contribution in [2.45, 2.75) is 13.0 Å². The number of hydrogen-bond acceptors (Lipinski definition) is 4. The number of imidazole rings is 1. The Kier molecular flexibility index (Phi) is 4.72. The molecule has 6 heteroatoms. The second kappa shape index (κ2) is 6.51. The third-order valence-corrected chi connectivity index (χ3v) is 3.28. The summed E-state index contributed by atoms with van der Waals surface area (Å²) in [5, 5.41) is 8.85. The predicted molar refractivity (Wildman–Crippen MR) is 66.9 cm³/mol. The molecule has 0 bridgehead atoms. The van der Waals surface area contributed by atoms with Gasteiger partial charge in [-0.15, -0.1) is 0 Å². The van der Waals surface area contributed by atoms with Gasteiger partial charge in [0.1, 0.15) is 0 Å². The van der Waals surface area contributed by atoms with Crippen LogP contribution in [-0.2, 0) is 11.3 Å². The van der Waals surface area contributed by atoms with E-state index in [2.05, 4.69) is 9.88 Å². The first kappa shape index (κ1) is 13.0. The first-order valence-electron chi connectivity index (χ1n) is 6.36. The maximum atomic E-state index is 12.0. The number of hydrogen-bond donors (Lipinski definition) is 1. The average Bonchev–Trinajstić information content (AvgIpc) is 2.90. The molecule has 1 saturated heterocycles. The summed E-state index contributed by atoms with van der Waals surface area (Å²) >= 11 is 0. The van der Waals surface area contributed by atoms with E-state index >= 15 is 0 Å². The standard InChI is InChI=1S/C12H20N4O2/c17-10-9-14-5-7-16(8-6-14)12(18)1-3-15-4-2-13-11-15/h2,4,11,17H,1,3,5-10H2. The second-order valence-electron chi connectivity index (χ2n) is 4.50. The molecule has 1 aliphatic rings. The number of rotatable bonds is 5. The Labute approximate surface area is 107 Å². The summed E-state index contributed by atoms with van der Waals surface area (Å²) in [6.07, 6.45) is 5.84. The quantitative estimate of drug-likeness (QED) is 0.761. The smallest absolute Gasteiger partial charge is 0.224 e. The Morgan fingerprint density at radius 3 is 2.61 bits per heavy atom. The van der Waals surface area contributed by atoms with E-state index in [4.69, 9.17) is 5.11 Å². The van der Waals surface area contributed by atoms with Gasteiger partial charge in [-0.05, 0) is 0 Å². The summed E-state index contributed by atoms with van der Waals surface area (Å²) in [6.45, 7) is 4.83. The van der Waals surface area contributed by atoms with Crippen molar-refractivity contribution in [3.63, 3.8) is 0 Å². The highest BCUT2D eigenvalue weighted by Gasteiger charge is 2.20. The zero-order valence-corrected chi connectivity index (χ0v) is 10.5. The van der Waals surface area contributed by atoms with Crippen LogP contribution in [-0.4, -0.2) is 69.7 Å². The number of carbonyl (C=O) groups excluding carboxylic acids is 1. The van der Waals surface area contributed by atoms with Crippen molar-refractivity contribution >= 4 is 5.91 Å². The van der Waals surface area contributed by atoms with Gasteiger partial charge in [-0.25, -0.2) is 4.98 Å². The lowest BCUT2D eigenvalue weighted by Gasteiger charge is -2.34. The van der Waals surface area contributed by atoms with Crippen molar-refractivity contribution < 1.29 is 9.90 Å². The maximum absolute atomic E-state index is 12.0. The minimum atomic E-state index is 0.189. The number of aryl methyl sites for hydroxylation is 1. The van der Waals surface area contributed by atoms with Crippen LogP contribution in [0.2, 0.25) is 0 Å². The summed E-state index contributed by atoms with van der Waals surface area (Å²) < 4.78 is 1.92. The molecule has 0 radical (unpaired) electrons. The molecule has 18 heavy (non-hydrogen) atoms. The molecule has 1 amide bonds. The highest BCUT2D eigenvalue weighted by atomic mass is 16.3. The fourth-order valence-corrected chi connectivity index (χ4v) is 2.16. The molecule has 2 heterocycles. The molecule has 0 spiro atoms. The van der Waals surface area contributed by atoms with Crippen LogP contribution in [0, 0.1) is 0 Å². The summed E-state index contributed by atoms with van der Waals surface area (Å²) in [6, 6.07) is 0. The monoisotopic (exact) mass is 252 g/mol. The highest BCUT2D eigenvalue weighted by Crippen LogP contribution is 2.04. The lowest BCUT2D eigenvalue weighted by atomic mass is 10.2. The summed E-state index contributed by atoms with van der Waals surface area (Å²) in [7, 11) is 0. The van der Waals surface area contributed by atoms with Gasteiger partial charge in [0, 0.05) is 58.1 Å². The molecule has 100 valence electrons. The summed E-state index contributed by atoms with van der Waals surface area (Å²) in [5.41, 5.74) is 0. The summed E-state index contributed by atoms with van der Waals surface area (Å²) in [4.78, 5) is 20.0. The van der Waals surface area contributed by atoms with E-state index < -0.39 is 0 Å². The third kappa shape index (κ3) is 3.54. The van der Waals surface area contributed by atoms with E-state index in [1.54, 1.807) is 12.5 Å². The molecular weight excluding hydrogens is 232 g/mol. The molecule has 0 unspecified atom stereocenters. The Balaban J connectivity index is 1.70. The molecule has 1 N–H and O–H groups in total. The normalized spacial score (nSPS) is 17.1. The number of aromatic nitrogens is 2. The lowest BCUT2D eigenvalue weighted by molar-refractivity contribution is -0.133. The third-order valence-electron chi connectivity index (χ3n) is 3.28. The molecule has 0 saturated carbocycles. The molecule has 2 rings (SSSR count). The maximum Gasteiger partial charge on any atom is 0.224 e. The van der Waals surface area contributed by atoms with Crippen LogP contribution in [0.3, 0.4) is 0 Å². The van der Waals surface area contributed by atoms with Crippen molar-refractivity contribution in [2.75, 3.05) is 39.3 Å². The number of amides is 1. The number of piperazine rings is 1. The Morgan fingerprint density at radius 1 is 1.22 bits per heavy atom. The van der Waals surface area contributed by atoms with Gasteiger partial charge in [0.15, 0.2) is 0 Å². The van der Waals surface area contributed by atoms with E-state index in [-0.39, 0.29) is 12.5 Å². The zero-order valence-electron chi connectivity index (χ0n) is 10.5. The van der Waals surface area contributed by atoms with Gasteiger partial charge in [-0.2, -0.15) is 0 Å². The number of β-amino-alcohol motifs (C(OH)–C–C–N with tert-alkyl or cyclic N) is 1. The van der Waals surface area contributed by atoms with E-state index in [0.29, 0.717) is 19.5 Å². The zero-order chi connectivity index (χ0) is 12.8. The van der Waals surface area contributed by atoms with Crippen LogP contribution in [0.25, 0.3) is 0 Å². The van der Waals surface area contributed by atoms with Crippen molar-refractivity contribution in [3.05, 3.63) is 18.7 Å². The molecule has 1 aromatic rings. The number of aliphatic hydroxyl groups excluding tert-OH is 1. The molecule has 6 nitrogen and oxygen atoms in total. The van der Waals surface area contributed by atoms with E-state index in [0.717, 1.165) is 26.2 Å². The highest BCUT2D eigenvalue weighted by molar-refractivity contribution is 5.76. The van der Waals surface area contributed by atoms with Gasteiger partial charge < -0.3 is 14.6 Å². The Morgan fingerprint density at radius 2 is 2.00 bits per heavy atom. The van der Waals surface area contributed by atoms with Crippen LogP contribution in [0.15, 0.2) is 18.7 Å². The fourth-order valence-electron chi connectivity index (χ4n) is 2.16. The van der Waals surface area contributed by atoms with Crippen LogP contribution >= 0.6 is 0 Å². The lowest BCUT2D eigenvalue weighted by Crippen LogP contribution is -2.49. The van der Waals surface area contributed by atoms with Crippen molar-refractivity contribution in [3.8, 4) is 0 Å². The molecule has 0 aromatic carbocycles. The molecule has 0 atom stereocenters. The number of carbonyl (C=O) groups is 1. The van der Waals surface area contributed by atoms with Gasteiger partial charge in [-0.3, -0.25) is 9.69 Å². The topological polar surface area (TPSA) is 61.6 Å². The average molecular weight is 252 g/mol. The Bertz CT molecular complexity index is 358. The van der Waals surface area contributed by atoms with E-state index in [1.807, 2.05) is 15.7 Å².